The topological polar surface area (TPSA) is 363 Å². The largest absolute Gasteiger partial charge is 0.476 e. The summed E-state index contributed by atoms with van der Waals surface area (Å²) in [6.07, 6.45) is 10.0. The first-order valence-electron chi connectivity index (χ1n) is 34.8. The number of carboxylic acid groups (broad SMARTS) is 1. The first-order valence-corrected chi connectivity index (χ1v) is 37.2. The third kappa shape index (κ3) is 19.2. The fourth-order valence-corrected chi connectivity index (χ4v) is 16.8. The summed E-state index contributed by atoms with van der Waals surface area (Å²) in [6.45, 7) is 12.3. The summed E-state index contributed by atoms with van der Waals surface area (Å²) in [4.78, 5) is 132. The number of ether oxygens (including phenoxy) is 2. The molecule has 10 rings (SSSR count). The Hall–Kier alpha value is -9.31. The number of hydrogen-bond donors (Lipinski definition) is 6. The number of imide groups is 1. The number of primary amides is 1. The van der Waals surface area contributed by atoms with Crippen molar-refractivity contribution in [2.75, 3.05) is 37.3 Å². The van der Waals surface area contributed by atoms with Gasteiger partial charge in [0.05, 0.1) is 62.9 Å². The molecule has 3 aromatic carbocycles. The molecule has 2 bridgehead atoms. The Bertz CT molecular complexity index is 4420. The van der Waals surface area contributed by atoms with Gasteiger partial charge in [-0.1, -0.05) is 107 Å². The monoisotopic (exact) mass is 1430 g/mol. The lowest BCUT2D eigenvalue weighted by atomic mass is 9.51. The van der Waals surface area contributed by atoms with Gasteiger partial charge in [0.25, 0.3) is 27.8 Å². The molecular weight excluding hydrogens is 1350 g/mol. The fraction of sp³-hybridized carbons (Fsp3) is 0.467. The maximum Gasteiger partial charge on any atom is 0.410 e. The summed E-state index contributed by atoms with van der Waals surface area (Å²) in [6, 6.07) is 24.1. The van der Waals surface area contributed by atoms with Gasteiger partial charge in [-0.15, -0.1) is 0 Å². The van der Waals surface area contributed by atoms with Crippen LogP contribution in [0, 0.1) is 35.5 Å². The average Bonchev–Trinajstić information content (AvgIpc) is 1.25. The molecular formula is C75H90N10O15S2. The lowest BCUT2D eigenvalue weighted by molar-refractivity contribution is -0.179. The maximum atomic E-state index is 14.0. The maximum absolute atomic E-state index is 14.0. The fourth-order valence-electron chi connectivity index (χ4n) is 15.5. The van der Waals surface area contributed by atoms with E-state index in [4.69, 9.17) is 20.3 Å². The van der Waals surface area contributed by atoms with Crippen molar-refractivity contribution >= 4 is 101 Å². The predicted molar refractivity (Wildman–Crippen MR) is 384 cm³/mol. The molecule has 1 aliphatic heterocycles. The molecule has 6 amide bonds. The highest BCUT2D eigenvalue weighted by Gasteiger charge is 2.56. The molecule has 0 saturated heterocycles. The Morgan fingerprint density at radius 1 is 0.853 bits per heavy atom. The van der Waals surface area contributed by atoms with Gasteiger partial charge < -0.3 is 35.5 Å². The molecule has 3 aliphatic rings. The van der Waals surface area contributed by atoms with E-state index in [1.807, 2.05) is 61.9 Å². The molecule has 0 radical (unpaired) electrons. The molecule has 25 nitrogen and oxygen atoms in total. The van der Waals surface area contributed by atoms with Crippen LogP contribution in [0.25, 0.3) is 43.6 Å². The zero-order valence-electron chi connectivity index (χ0n) is 58.5. The van der Waals surface area contributed by atoms with Crippen LogP contribution in [-0.2, 0) is 67.9 Å². The number of pyridine rings is 1. The second kappa shape index (κ2) is 32.3. The van der Waals surface area contributed by atoms with Gasteiger partial charge in [0.1, 0.15) is 12.4 Å². The Balaban J connectivity index is 0.750. The minimum Gasteiger partial charge on any atom is -0.476 e. The van der Waals surface area contributed by atoms with Gasteiger partial charge in [0.2, 0.25) is 11.8 Å². The zero-order valence-corrected chi connectivity index (χ0v) is 60.1. The Labute approximate surface area is 596 Å². The number of amides is 6. The third-order valence-corrected chi connectivity index (χ3v) is 21.4. The SMILES string of the molecule is Cc1c(-c2ccc(-c3cc4cccc(C(=O)Nc5nc6ccccc6s5)c4[nH]3)nc2C(=O)O)cnn1CC1(C)CC2(C)CC(C)CC(OCCN(CCS(=O)(=O)O)C(=O)OCc3ccc(CC(=O)[C@H](CCCCC(N)=O)NC(=O)[C@@H](CC(=O)CCCCCN4C(=O)C=CC4=O)C(C)C)cc3)(C2)C1. The van der Waals surface area contributed by atoms with Crippen molar-refractivity contribution in [3.63, 3.8) is 0 Å². The molecule has 7 aromatic rings. The summed E-state index contributed by atoms with van der Waals surface area (Å²) in [5, 5.41) is 22.5. The summed E-state index contributed by atoms with van der Waals surface area (Å²) in [5.74, 6) is -5.09. The second-order valence-corrected chi connectivity index (χ2v) is 31.5. The molecule has 102 heavy (non-hydrogen) atoms. The number of anilines is 1. The minimum absolute atomic E-state index is 0.0195. The number of carbonyl (C=O) groups excluding carboxylic acids is 8. The molecule has 5 heterocycles. The van der Waals surface area contributed by atoms with E-state index in [0.717, 1.165) is 51.9 Å². The number of H-pyrrole nitrogens is 1. The summed E-state index contributed by atoms with van der Waals surface area (Å²) in [7, 11) is -4.51. The highest BCUT2D eigenvalue weighted by molar-refractivity contribution is 7.85. The Morgan fingerprint density at radius 2 is 1.59 bits per heavy atom. The molecule has 7 N–H and O–H groups in total. The number of rotatable bonds is 35. The molecule has 4 unspecified atom stereocenters. The number of thiazole rings is 1. The molecule has 27 heteroatoms. The lowest BCUT2D eigenvalue weighted by Gasteiger charge is -2.58. The van der Waals surface area contributed by atoms with Crippen LogP contribution >= 0.6 is 11.3 Å². The van der Waals surface area contributed by atoms with Crippen LogP contribution in [0.3, 0.4) is 0 Å². The van der Waals surface area contributed by atoms with Crippen molar-refractivity contribution in [1.82, 2.24) is 39.8 Å². The van der Waals surface area contributed by atoms with E-state index in [1.165, 1.54) is 28.4 Å². The molecule has 2 fully saturated rings. The molecule has 6 atom stereocenters. The van der Waals surface area contributed by atoms with Crippen LogP contribution in [0.2, 0.25) is 0 Å². The van der Waals surface area contributed by atoms with Crippen molar-refractivity contribution in [2.45, 2.75) is 163 Å². The van der Waals surface area contributed by atoms with E-state index in [-0.39, 0.29) is 117 Å². The highest BCUT2D eigenvalue weighted by atomic mass is 32.2. The number of Topliss-reactive ketones (excluding diaryl/α,β-unsaturated/α-hetero) is 2. The number of benzene rings is 3. The standard InChI is InChI=1S/C75H90N10O15S2/c1-46(2)55(37-52(86)16-8-7-13-30-84-64(89)28-29-65(84)90)69(92)80-58(18-10-12-21-63(76)88)61(87)35-49-22-24-50(25-23-49)41-99-72(95)83(32-34-102(96,97)98)31-33-100-75-39-47(3)38-73(5,43-75)42-74(6,44-75)45-85-48(4)56(40-77-85)53-26-27-57(78-67(53)70(93)94)60-36-51-15-14-17-54(66(51)79-60)68(91)82-71-81-59-19-9-11-20-62(59)101-71/h9,11,14-15,17,19-20,22-29,36,40,46-47,55,58,79H,7-8,10,12-13,16,18,21,30-35,37-39,41-45H2,1-6H3,(H2,76,88)(H,80,92)(H,93,94)(H,81,82,91)(H,96,97,98)/t47?,55-,58-,73?,74?,75?/m0/s1. The van der Waals surface area contributed by atoms with E-state index in [0.29, 0.717) is 101 Å². The van der Waals surface area contributed by atoms with Crippen LogP contribution < -0.4 is 16.4 Å². The van der Waals surface area contributed by atoms with Gasteiger partial charge >= 0.3 is 12.1 Å². The number of aromatic carboxylic acids is 1. The number of carboxylic acids is 1. The van der Waals surface area contributed by atoms with Crippen LogP contribution in [-0.4, -0.2) is 149 Å². The van der Waals surface area contributed by atoms with Crippen molar-refractivity contribution in [3.05, 3.63) is 131 Å². The Morgan fingerprint density at radius 3 is 2.30 bits per heavy atom. The van der Waals surface area contributed by atoms with E-state index in [2.05, 4.69) is 46.4 Å². The van der Waals surface area contributed by atoms with E-state index >= 15 is 0 Å². The van der Waals surface area contributed by atoms with Gasteiger partial charge in [0.15, 0.2) is 16.6 Å². The zero-order chi connectivity index (χ0) is 73.3. The first-order chi connectivity index (χ1) is 48.4. The number of aromatic amines is 1. The lowest BCUT2D eigenvalue weighted by Crippen LogP contribution is -2.55. The normalized spacial score (nSPS) is 19.5. The molecule has 2 saturated carbocycles. The molecule has 4 aromatic heterocycles. The van der Waals surface area contributed by atoms with Gasteiger partial charge in [-0.2, -0.15) is 13.5 Å². The number of nitrogens with one attached hydrogen (secondary N) is 3. The van der Waals surface area contributed by atoms with E-state index in [9.17, 15) is 61.2 Å². The quantitative estimate of drug-likeness (QED) is 0.0122. The van der Waals surface area contributed by atoms with Crippen LogP contribution in [0.1, 0.15) is 162 Å². The molecule has 542 valence electrons. The third-order valence-electron chi connectivity index (χ3n) is 19.7. The number of ketones is 2. The summed E-state index contributed by atoms with van der Waals surface area (Å²) in [5.41, 5.74) is 9.47. The van der Waals surface area contributed by atoms with Gasteiger partial charge in [0, 0.05) is 92.1 Å². The van der Waals surface area contributed by atoms with E-state index in [1.54, 1.807) is 54.7 Å². The van der Waals surface area contributed by atoms with Crippen molar-refractivity contribution in [2.24, 2.45) is 34.3 Å². The van der Waals surface area contributed by atoms with Crippen molar-refractivity contribution in [3.8, 4) is 22.5 Å². The number of aromatic nitrogens is 5. The van der Waals surface area contributed by atoms with Gasteiger partial charge in [-0.25, -0.2) is 19.6 Å². The number of para-hydroxylation sites is 2. The van der Waals surface area contributed by atoms with Gasteiger partial charge in [-0.3, -0.25) is 53.0 Å². The number of hydrogen-bond acceptors (Lipinski definition) is 17. The average molecular weight is 1440 g/mol. The number of unbranched alkanes of at least 4 members (excludes halogenated alkanes) is 3. The minimum atomic E-state index is -4.51. The molecule has 0 spiro atoms. The number of nitrogens with zero attached hydrogens (tertiary/aromatic N) is 6. The smallest absolute Gasteiger partial charge is 0.410 e. The summed E-state index contributed by atoms with van der Waals surface area (Å²) >= 11 is 1.37. The van der Waals surface area contributed by atoms with Gasteiger partial charge in [-0.05, 0) is 135 Å². The van der Waals surface area contributed by atoms with Crippen LogP contribution in [0.15, 0.2) is 103 Å². The Kier molecular flexibility index (Phi) is 23.9. The number of nitrogens with two attached hydrogens (primary N) is 1. The van der Waals surface area contributed by atoms with E-state index < -0.39 is 57.3 Å². The second-order valence-electron chi connectivity index (χ2n) is 28.9. The number of carbonyl (C=O) groups is 9. The van der Waals surface area contributed by atoms with Crippen molar-refractivity contribution in [1.29, 1.82) is 0 Å². The highest BCUT2D eigenvalue weighted by Crippen LogP contribution is 2.60. The first kappa shape index (κ1) is 75.4. The van der Waals surface area contributed by atoms with Crippen LogP contribution in [0.4, 0.5) is 9.93 Å². The van der Waals surface area contributed by atoms with Crippen molar-refractivity contribution < 1.29 is 70.7 Å². The summed E-state index contributed by atoms with van der Waals surface area (Å²) < 4.78 is 49.6. The van der Waals surface area contributed by atoms with Crippen LogP contribution in [0.5, 0.6) is 0 Å². The number of fused-ring (bicyclic) bond motifs is 4. The molecule has 2 aliphatic carbocycles. The predicted octanol–water partition coefficient (Wildman–Crippen LogP) is 11.2.